The highest BCUT2D eigenvalue weighted by molar-refractivity contribution is 7.92. The molecule has 1 atom stereocenters. The standard InChI is InChI=1S/C30H32Cl2FN3O4S/c1-41(39,40)36(27-16-13-23(31)18-26(27)32)20-29(37)35(19-22-11-14-24(33)15-12-22)28(17-21-7-3-2-4-8-21)30(38)34-25-9-5-6-10-25/h2-4,7-8,11-16,18,25,28H,5-6,9-10,17,19-20H2,1H3,(H,34,38)/t28-/m1/s1. The molecule has 0 bridgehead atoms. The number of hydrogen-bond acceptors (Lipinski definition) is 4. The molecule has 0 radical (unpaired) electrons. The lowest BCUT2D eigenvalue weighted by Crippen LogP contribution is -2.54. The van der Waals surface area contributed by atoms with Crippen LogP contribution in [-0.2, 0) is 32.6 Å². The average molecular weight is 621 g/mol. The van der Waals surface area contributed by atoms with Crippen molar-refractivity contribution in [2.75, 3.05) is 17.1 Å². The van der Waals surface area contributed by atoms with E-state index in [1.807, 2.05) is 30.3 Å². The summed E-state index contributed by atoms with van der Waals surface area (Å²) >= 11 is 12.4. The smallest absolute Gasteiger partial charge is 0.244 e. The minimum atomic E-state index is -3.98. The Morgan fingerprint density at radius 3 is 2.24 bits per heavy atom. The van der Waals surface area contributed by atoms with Crippen LogP contribution in [0.15, 0.2) is 72.8 Å². The van der Waals surface area contributed by atoms with Crippen molar-refractivity contribution in [3.8, 4) is 0 Å². The Morgan fingerprint density at radius 2 is 1.63 bits per heavy atom. The first-order valence-electron chi connectivity index (χ1n) is 13.3. The van der Waals surface area contributed by atoms with Crippen LogP contribution in [0.5, 0.6) is 0 Å². The molecule has 2 amide bonds. The van der Waals surface area contributed by atoms with E-state index in [9.17, 15) is 22.4 Å². The lowest BCUT2D eigenvalue weighted by molar-refractivity contribution is -0.140. The van der Waals surface area contributed by atoms with Crippen molar-refractivity contribution in [3.63, 3.8) is 0 Å². The first kappa shape index (κ1) is 30.8. The number of sulfonamides is 1. The molecular weight excluding hydrogens is 588 g/mol. The van der Waals surface area contributed by atoms with Crippen LogP contribution in [0, 0.1) is 5.82 Å². The highest BCUT2D eigenvalue weighted by Crippen LogP contribution is 2.31. The van der Waals surface area contributed by atoms with Crippen LogP contribution < -0.4 is 9.62 Å². The van der Waals surface area contributed by atoms with Crippen molar-refractivity contribution in [3.05, 3.63) is 99.8 Å². The van der Waals surface area contributed by atoms with Gasteiger partial charge in [0, 0.05) is 24.0 Å². The van der Waals surface area contributed by atoms with Gasteiger partial charge in [-0.3, -0.25) is 13.9 Å². The third kappa shape index (κ3) is 8.44. The third-order valence-corrected chi connectivity index (χ3v) is 8.76. The average Bonchev–Trinajstić information content (AvgIpc) is 3.43. The predicted molar refractivity (Wildman–Crippen MR) is 160 cm³/mol. The maximum atomic E-state index is 14.1. The zero-order chi connectivity index (χ0) is 29.6. The Labute approximate surface area is 250 Å². The van der Waals surface area contributed by atoms with Crippen LogP contribution >= 0.6 is 23.2 Å². The van der Waals surface area contributed by atoms with Crippen LogP contribution in [0.1, 0.15) is 36.8 Å². The van der Waals surface area contributed by atoms with Gasteiger partial charge in [-0.2, -0.15) is 0 Å². The van der Waals surface area contributed by atoms with E-state index in [1.165, 1.54) is 47.4 Å². The second kappa shape index (κ2) is 13.7. The number of anilines is 1. The van der Waals surface area contributed by atoms with E-state index in [-0.39, 0.29) is 35.6 Å². The summed E-state index contributed by atoms with van der Waals surface area (Å²) in [6.45, 7) is -0.649. The predicted octanol–water partition coefficient (Wildman–Crippen LogP) is 5.60. The molecular formula is C30H32Cl2FN3O4S. The molecule has 0 unspecified atom stereocenters. The summed E-state index contributed by atoms with van der Waals surface area (Å²) in [5.74, 6) is -1.38. The Morgan fingerprint density at radius 1 is 0.976 bits per heavy atom. The second-order valence-electron chi connectivity index (χ2n) is 10.2. The van der Waals surface area contributed by atoms with Crippen molar-refractivity contribution in [1.29, 1.82) is 0 Å². The molecule has 0 heterocycles. The van der Waals surface area contributed by atoms with E-state index in [0.717, 1.165) is 41.8 Å². The van der Waals surface area contributed by atoms with E-state index in [1.54, 1.807) is 0 Å². The van der Waals surface area contributed by atoms with Gasteiger partial charge in [0.1, 0.15) is 18.4 Å². The summed E-state index contributed by atoms with van der Waals surface area (Å²) in [6.07, 6.45) is 4.91. The molecule has 0 saturated heterocycles. The number of carbonyl (C=O) groups is 2. The van der Waals surface area contributed by atoms with Crippen molar-refractivity contribution in [2.24, 2.45) is 0 Å². The molecule has 7 nitrogen and oxygen atoms in total. The van der Waals surface area contributed by atoms with Gasteiger partial charge >= 0.3 is 0 Å². The Hall–Kier alpha value is -3.14. The van der Waals surface area contributed by atoms with Crippen LogP contribution in [0.3, 0.4) is 0 Å². The fraction of sp³-hybridized carbons (Fsp3) is 0.333. The van der Waals surface area contributed by atoms with Gasteiger partial charge in [-0.25, -0.2) is 12.8 Å². The third-order valence-electron chi connectivity index (χ3n) is 7.10. The molecule has 1 aliphatic rings. The van der Waals surface area contributed by atoms with E-state index < -0.39 is 34.3 Å². The quantitative estimate of drug-likeness (QED) is 0.303. The van der Waals surface area contributed by atoms with Crippen LogP contribution in [-0.4, -0.2) is 50.0 Å². The highest BCUT2D eigenvalue weighted by atomic mass is 35.5. The Bertz CT molecular complexity index is 1470. The summed E-state index contributed by atoms with van der Waals surface area (Å²) in [7, 11) is -3.98. The zero-order valence-electron chi connectivity index (χ0n) is 22.6. The molecule has 11 heteroatoms. The molecule has 218 valence electrons. The normalized spacial score (nSPS) is 14.4. The van der Waals surface area contributed by atoms with Crippen LogP contribution in [0.2, 0.25) is 10.0 Å². The van der Waals surface area contributed by atoms with E-state index in [2.05, 4.69) is 5.32 Å². The van der Waals surface area contributed by atoms with Crippen molar-refractivity contribution >= 4 is 50.7 Å². The van der Waals surface area contributed by atoms with Gasteiger partial charge in [-0.1, -0.05) is 78.5 Å². The molecule has 4 rings (SSSR count). The lowest BCUT2D eigenvalue weighted by atomic mass is 10.0. The fourth-order valence-corrected chi connectivity index (χ4v) is 6.41. The maximum absolute atomic E-state index is 14.1. The van der Waals surface area contributed by atoms with Crippen molar-refractivity contribution in [2.45, 2.75) is 50.7 Å². The minimum absolute atomic E-state index is 0.00365. The number of nitrogens with zero attached hydrogens (tertiary/aromatic N) is 2. The van der Waals surface area contributed by atoms with E-state index in [4.69, 9.17) is 23.2 Å². The maximum Gasteiger partial charge on any atom is 0.244 e. The summed E-state index contributed by atoms with van der Waals surface area (Å²) in [5.41, 5.74) is 1.50. The summed E-state index contributed by atoms with van der Waals surface area (Å²) in [4.78, 5) is 29.3. The Balaban J connectivity index is 1.73. The lowest BCUT2D eigenvalue weighted by Gasteiger charge is -2.34. The molecule has 1 saturated carbocycles. The number of carbonyl (C=O) groups excluding carboxylic acids is 2. The van der Waals surface area contributed by atoms with Gasteiger partial charge in [0.2, 0.25) is 21.8 Å². The Kier molecular flexibility index (Phi) is 10.3. The molecule has 1 N–H and O–H groups in total. The van der Waals surface area contributed by atoms with Gasteiger partial charge < -0.3 is 10.2 Å². The number of halogens is 3. The molecule has 0 aliphatic heterocycles. The van der Waals surface area contributed by atoms with Gasteiger partial charge in [0.15, 0.2) is 0 Å². The van der Waals surface area contributed by atoms with Crippen LogP contribution in [0.25, 0.3) is 0 Å². The molecule has 41 heavy (non-hydrogen) atoms. The van der Waals surface area contributed by atoms with Crippen LogP contribution in [0.4, 0.5) is 10.1 Å². The minimum Gasteiger partial charge on any atom is -0.352 e. The number of amides is 2. The van der Waals surface area contributed by atoms with Gasteiger partial charge in [-0.05, 0) is 54.3 Å². The first-order chi connectivity index (χ1) is 19.5. The monoisotopic (exact) mass is 619 g/mol. The molecule has 0 aromatic heterocycles. The summed E-state index contributed by atoms with van der Waals surface area (Å²) in [6, 6.07) is 18.3. The SMILES string of the molecule is CS(=O)(=O)N(CC(=O)N(Cc1ccc(F)cc1)[C@H](Cc1ccccc1)C(=O)NC1CCCC1)c1ccc(Cl)cc1Cl. The number of nitrogens with one attached hydrogen (secondary N) is 1. The van der Waals surface area contributed by atoms with Gasteiger partial charge in [-0.15, -0.1) is 0 Å². The molecule has 3 aromatic rings. The topological polar surface area (TPSA) is 86.8 Å². The fourth-order valence-electron chi connectivity index (χ4n) is 4.99. The zero-order valence-corrected chi connectivity index (χ0v) is 24.9. The van der Waals surface area contributed by atoms with Crippen molar-refractivity contribution < 1.29 is 22.4 Å². The van der Waals surface area contributed by atoms with E-state index in [0.29, 0.717) is 10.6 Å². The molecule has 0 spiro atoms. The molecule has 3 aromatic carbocycles. The molecule has 1 fully saturated rings. The van der Waals surface area contributed by atoms with Crippen molar-refractivity contribution in [1.82, 2.24) is 10.2 Å². The highest BCUT2D eigenvalue weighted by Gasteiger charge is 2.34. The largest absolute Gasteiger partial charge is 0.352 e. The molecule has 1 aliphatic carbocycles. The summed E-state index contributed by atoms with van der Waals surface area (Å²) in [5, 5.41) is 3.46. The summed E-state index contributed by atoms with van der Waals surface area (Å²) < 4.78 is 40.4. The number of rotatable bonds is 11. The number of hydrogen-bond donors (Lipinski definition) is 1. The van der Waals surface area contributed by atoms with Gasteiger partial charge in [0.05, 0.1) is 17.0 Å². The number of benzene rings is 3. The van der Waals surface area contributed by atoms with E-state index >= 15 is 0 Å². The first-order valence-corrected chi connectivity index (χ1v) is 15.9. The second-order valence-corrected chi connectivity index (χ2v) is 13.0. The van der Waals surface area contributed by atoms with Gasteiger partial charge in [0.25, 0.3) is 0 Å².